The van der Waals surface area contributed by atoms with Gasteiger partial charge in [0.1, 0.15) is 17.0 Å². The van der Waals surface area contributed by atoms with E-state index >= 15 is 0 Å². The normalized spacial score (nSPS) is 22.6. The fourth-order valence-corrected chi connectivity index (χ4v) is 15.9. The molecule has 0 spiro atoms. The number of methoxy groups -OCH3 is 1. The number of hydrogen-bond acceptors (Lipinski definition) is 11. The van der Waals surface area contributed by atoms with Gasteiger partial charge in [-0.05, 0) is 184 Å². The van der Waals surface area contributed by atoms with Gasteiger partial charge in [0.25, 0.3) is 5.91 Å². The number of aromatic nitrogens is 6. The molecule has 516 valence electrons. The average Bonchev–Trinajstić information content (AvgIpc) is 1.65. The summed E-state index contributed by atoms with van der Waals surface area (Å²) in [5, 5.41) is 8.59. The zero-order valence-electron chi connectivity index (χ0n) is 56.0. The molecule has 7 aliphatic rings. The Kier molecular flexibility index (Phi) is 23.3. The van der Waals surface area contributed by atoms with Crippen molar-refractivity contribution in [2.45, 2.75) is 181 Å². The van der Waals surface area contributed by atoms with Gasteiger partial charge in [-0.15, -0.1) is 0 Å². The van der Waals surface area contributed by atoms with Gasteiger partial charge in [0.05, 0.1) is 63.8 Å². The number of ether oxygens (including phenoxy) is 2. The van der Waals surface area contributed by atoms with E-state index in [4.69, 9.17) is 9.47 Å². The summed E-state index contributed by atoms with van der Waals surface area (Å²) in [4.78, 5) is 53.2. The number of benzene rings is 2. The number of aldehydes is 1. The van der Waals surface area contributed by atoms with E-state index in [2.05, 4.69) is 90.6 Å². The highest BCUT2D eigenvalue weighted by molar-refractivity contribution is 5.96. The first-order chi connectivity index (χ1) is 44.8. The topological polar surface area (TPSA) is 144 Å². The van der Waals surface area contributed by atoms with Crippen LogP contribution in [0.1, 0.15) is 184 Å². The van der Waals surface area contributed by atoms with Crippen LogP contribution in [0.2, 0.25) is 0 Å². The third-order valence-electron chi connectivity index (χ3n) is 21.0. The number of amides is 2. The molecule has 21 heteroatoms. The van der Waals surface area contributed by atoms with Crippen LogP contribution in [-0.2, 0) is 32.7 Å². The van der Waals surface area contributed by atoms with Crippen molar-refractivity contribution in [3.05, 3.63) is 154 Å². The number of pyridine rings is 2. The van der Waals surface area contributed by atoms with E-state index in [1.165, 1.54) is 123 Å². The lowest BCUT2D eigenvalue weighted by molar-refractivity contribution is -0.141. The third kappa shape index (κ3) is 17.2. The minimum absolute atomic E-state index is 0. The van der Waals surface area contributed by atoms with E-state index in [1.807, 2.05) is 30.6 Å². The molecule has 6 aromatic rings. The molecule has 3 aliphatic carbocycles. The summed E-state index contributed by atoms with van der Waals surface area (Å²) in [6, 6.07) is 26.3. The van der Waals surface area contributed by atoms with Crippen molar-refractivity contribution in [1.82, 2.24) is 49.1 Å². The minimum atomic E-state index is -4.50. The molecule has 95 heavy (non-hydrogen) atoms. The maximum atomic E-state index is 13.6. The minimum Gasteiger partial charge on any atom is -0.444 e. The highest BCUT2D eigenvalue weighted by Gasteiger charge is 2.46. The Morgan fingerprint density at radius 3 is 1.52 bits per heavy atom. The number of halogens is 6. The van der Waals surface area contributed by atoms with Gasteiger partial charge in [0.15, 0.2) is 6.29 Å². The molecule has 3 saturated carbocycles. The Bertz CT molecular complexity index is 3460. The van der Waals surface area contributed by atoms with Gasteiger partial charge in [0, 0.05) is 64.9 Å². The molecule has 4 saturated heterocycles. The number of aryl methyl sites for hydroxylation is 2. The first-order valence-corrected chi connectivity index (χ1v) is 33.8. The monoisotopic (exact) mass is 1320 g/mol. The van der Waals surface area contributed by atoms with Crippen LogP contribution in [0.25, 0.3) is 11.4 Å². The molecule has 2 amide bonds. The van der Waals surface area contributed by atoms with Gasteiger partial charge in [0.2, 0.25) is 0 Å². The van der Waals surface area contributed by atoms with Crippen molar-refractivity contribution in [3.8, 4) is 11.4 Å². The molecule has 7 fully saturated rings. The van der Waals surface area contributed by atoms with Crippen molar-refractivity contribution in [3.63, 3.8) is 0 Å². The first kappa shape index (κ1) is 72.3. The number of carbonyl (C=O) groups is 3. The second kappa shape index (κ2) is 30.6. The van der Waals surface area contributed by atoms with E-state index in [1.54, 1.807) is 34.8 Å². The van der Waals surface area contributed by atoms with Crippen molar-refractivity contribution in [2.75, 3.05) is 72.6 Å². The standard InChI is InChI=1S/C31H36F3N5O.C24H36N2O2.C12H10F3N3O.C6H12O.CH4/c1-21-28(22(2)39(36-21)26-10-11-27(35-16-26)31(32,33)34)29(40)38-19-23-17-37(18-24(23)20-38)15-14-30(12-6-7-13-30)25-8-4-3-5-9-25;1-23(2,3)28-22(27)26-15-13-24(18-26,21-10-5-4-6-11-21)12-14-25-16-19-8-7-9-20(19)17-25;1-7-10(6-19)8(2)18(17-7)9-3-4-11(16-5-9)12(13,14)15;1-7-6-4-2-3-5-6;/h3-5,8-11,16,23-24H,6-7,12-15,17-20H2,1-2H3;4-6,10-11,19-20H,7-9,12-18H2,1-3H3;3-6H,1-2H3;6H,2-5H2,1H3;1H4. The van der Waals surface area contributed by atoms with E-state index in [0.717, 1.165) is 102 Å². The smallest absolute Gasteiger partial charge is 0.433 e. The van der Waals surface area contributed by atoms with Crippen molar-refractivity contribution < 1.29 is 50.2 Å². The third-order valence-corrected chi connectivity index (χ3v) is 21.0. The first-order valence-electron chi connectivity index (χ1n) is 33.8. The SMILES string of the molecule is C.CC(C)(C)OC(=O)N1CCC(CCN2CC3CCCC3C2)(c2ccccc2)C1.COC1CCCC1.Cc1nn(-c2ccc(C(F)(F)F)nc2)c(C)c1C(=O)N1CC2CN(CCC3(c4ccccc4)CCCC3)CC2C1.Cc1nn(-c2ccc(C(F)(F)F)nc2)c(C)c1C=O. The molecule has 5 unspecified atom stereocenters. The Hall–Kier alpha value is -6.97. The van der Waals surface area contributed by atoms with E-state index < -0.39 is 29.3 Å². The molecule has 4 aliphatic heterocycles. The van der Waals surface area contributed by atoms with Gasteiger partial charge in [-0.2, -0.15) is 36.5 Å². The van der Waals surface area contributed by atoms with Crippen LogP contribution in [0.15, 0.2) is 97.3 Å². The summed E-state index contributed by atoms with van der Waals surface area (Å²) >= 11 is 0. The summed E-state index contributed by atoms with van der Waals surface area (Å²) < 4.78 is 89.7. The second-order valence-electron chi connectivity index (χ2n) is 28.4. The van der Waals surface area contributed by atoms with Crippen LogP contribution >= 0.6 is 0 Å². The van der Waals surface area contributed by atoms with Crippen molar-refractivity contribution >= 4 is 18.3 Å². The highest BCUT2D eigenvalue weighted by atomic mass is 19.4. The summed E-state index contributed by atoms with van der Waals surface area (Å²) in [7, 11) is 1.80. The maximum Gasteiger partial charge on any atom is 0.433 e. The lowest BCUT2D eigenvalue weighted by atomic mass is 9.76. The number of rotatable bonds is 13. The molecule has 2 aromatic carbocycles. The van der Waals surface area contributed by atoms with Crippen LogP contribution in [0.3, 0.4) is 0 Å². The number of nitrogens with zero attached hydrogens (tertiary/aromatic N) is 10. The molecular weight excluding hydrogens is 1220 g/mol. The average molecular weight is 1320 g/mol. The van der Waals surface area contributed by atoms with Crippen LogP contribution in [0.4, 0.5) is 31.1 Å². The van der Waals surface area contributed by atoms with Gasteiger partial charge >= 0.3 is 18.4 Å². The van der Waals surface area contributed by atoms with Crippen LogP contribution in [0, 0.1) is 51.4 Å². The summed E-state index contributed by atoms with van der Waals surface area (Å²) in [5.74, 6) is 2.77. The zero-order chi connectivity index (χ0) is 67.2. The number of carbonyl (C=O) groups excluding carboxylic acids is 3. The van der Waals surface area contributed by atoms with E-state index in [-0.39, 0.29) is 24.8 Å². The number of fused-ring (bicyclic) bond motifs is 2. The molecule has 4 aromatic heterocycles. The summed E-state index contributed by atoms with van der Waals surface area (Å²) in [6.07, 6.45) is 12.5. The molecular formula is C74H98F6N10O5. The lowest BCUT2D eigenvalue weighted by Crippen LogP contribution is -2.39. The number of hydrogen-bond donors (Lipinski definition) is 0. The largest absolute Gasteiger partial charge is 0.444 e. The van der Waals surface area contributed by atoms with E-state index in [0.29, 0.717) is 74.9 Å². The fraction of sp³-hybridized carbons (Fsp3) is 0.581. The van der Waals surface area contributed by atoms with Crippen molar-refractivity contribution in [2.24, 2.45) is 23.7 Å². The molecule has 15 nitrogen and oxygen atoms in total. The lowest BCUT2D eigenvalue weighted by Gasteiger charge is -2.32. The van der Waals surface area contributed by atoms with Gasteiger partial charge < -0.3 is 29.1 Å². The van der Waals surface area contributed by atoms with E-state index in [9.17, 15) is 40.7 Å². The Labute approximate surface area is 557 Å². The molecule has 13 rings (SSSR count). The predicted molar refractivity (Wildman–Crippen MR) is 356 cm³/mol. The second-order valence-corrected chi connectivity index (χ2v) is 28.4. The number of likely N-dealkylation sites (tertiary alicyclic amines) is 4. The van der Waals surface area contributed by atoms with Crippen LogP contribution in [-0.4, -0.2) is 152 Å². The predicted octanol–water partition coefficient (Wildman–Crippen LogP) is 15.4. The van der Waals surface area contributed by atoms with Crippen LogP contribution < -0.4 is 0 Å². The summed E-state index contributed by atoms with van der Waals surface area (Å²) in [5.41, 5.74) is 4.87. The zero-order valence-corrected chi connectivity index (χ0v) is 56.0. The fourth-order valence-electron chi connectivity index (χ4n) is 15.9. The quantitative estimate of drug-likeness (QED) is 0.0805. The molecule has 5 atom stereocenters. The summed E-state index contributed by atoms with van der Waals surface area (Å²) in [6.45, 7) is 22.6. The molecule has 0 bridgehead atoms. The van der Waals surface area contributed by atoms with Crippen molar-refractivity contribution in [1.29, 1.82) is 0 Å². The Morgan fingerprint density at radius 2 is 1.06 bits per heavy atom. The maximum absolute atomic E-state index is 13.6. The van der Waals surface area contributed by atoms with Gasteiger partial charge in [-0.25, -0.2) is 24.1 Å². The van der Waals surface area contributed by atoms with Gasteiger partial charge in [-0.1, -0.05) is 100 Å². The Balaban J connectivity index is 0.000000167. The molecule has 0 N–H and O–H groups in total. The highest BCUT2D eigenvalue weighted by Crippen LogP contribution is 2.46. The van der Waals surface area contributed by atoms with Gasteiger partial charge in [-0.3, -0.25) is 9.59 Å². The Morgan fingerprint density at radius 1 is 0.579 bits per heavy atom. The molecule has 0 radical (unpaired) electrons. The molecule has 8 heterocycles. The number of alkyl halides is 6. The van der Waals surface area contributed by atoms with Crippen LogP contribution in [0.5, 0.6) is 0 Å².